The quantitative estimate of drug-likeness (QED) is 0.784. The normalized spacial score (nSPS) is 13.6. The Morgan fingerprint density at radius 3 is 2.41 bits per heavy atom. The first-order valence-electron chi connectivity index (χ1n) is 5.44. The number of halogens is 3. The van der Waals surface area contributed by atoms with Crippen molar-refractivity contribution < 1.29 is 17.9 Å². The van der Waals surface area contributed by atoms with Gasteiger partial charge in [-0.05, 0) is 18.4 Å². The van der Waals surface area contributed by atoms with Crippen molar-refractivity contribution in [2.75, 3.05) is 6.61 Å². The van der Waals surface area contributed by atoms with Crippen LogP contribution in [0.25, 0.3) is 0 Å². The minimum Gasteiger partial charge on any atom is -0.377 e. The van der Waals surface area contributed by atoms with Crippen LogP contribution in [-0.2, 0) is 11.3 Å². The van der Waals surface area contributed by atoms with Crippen LogP contribution in [0.1, 0.15) is 18.4 Å². The lowest BCUT2D eigenvalue weighted by atomic mass is 10.2. The molecule has 0 radical (unpaired) electrons. The second-order valence-electron chi connectivity index (χ2n) is 3.83. The third-order valence-electron chi connectivity index (χ3n) is 2.34. The molecule has 1 atom stereocenters. The van der Waals surface area contributed by atoms with Gasteiger partial charge in [-0.3, -0.25) is 0 Å². The van der Waals surface area contributed by atoms with Crippen LogP contribution in [0.2, 0.25) is 0 Å². The summed E-state index contributed by atoms with van der Waals surface area (Å²) < 4.78 is 41.4. The van der Waals surface area contributed by atoms with Crippen molar-refractivity contribution in [3.05, 3.63) is 35.9 Å². The molecule has 1 aromatic carbocycles. The third-order valence-corrected chi connectivity index (χ3v) is 2.34. The first-order valence-corrected chi connectivity index (χ1v) is 5.44. The van der Waals surface area contributed by atoms with Crippen molar-refractivity contribution in [1.29, 1.82) is 0 Å². The number of benzene rings is 1. The van der Waals surface area contributed by atoms with E-state index in [4.69, 9.17) is 10.5 Å². The molecule has 0 bridgehead atoms. The van der Waals surface area contributed by atoms with Crippen LogP contribution in [0.15, 0.2) is 30.3 Å². The zero-order chi connectivity index (χ0) is 12.7. The molecule has 0 aromatic heterocycles. The van der Waals surface area contributed by atoms with E-state index in [0.717, 1.165) is 5.56 Å². The smallest absolute Gasteiger partial charge is 0.377 e. The second-order valence-corrected chi connectivity index (χ2v) is 3.83. The maximum atomic E-state index is 12.1. The number of hydrogen-bond acceptors (Lipinski definition) is 2. The standard InChI is InChI=1S/C12H16F3NO/c13-12(14,15)11(16)7-4-8-17-9-10-5-2-1-3-6-10/h1-3,5-6,11H,4,7-9,16H2. The highest BCUT2D eigenvalue weighted by Crippen LogP contribution is 2.21. The molecule has 0 heterocycles. The molecule has 0 saturated carbocycles. The number of nitrogens with two attached hydrogens (primary N) is 1. The molecular formula is C12H16F3NO. The number of alkyl halides is 3. The second kappa shape index (κ2) is 6.61. The summed E-state index contributed by atoms with van der Waals surface area (Å²) in [5, 5.41) is 0. The third kappa shape index (κ3) is 5.70. The fourth-order valence-corrected chi connectivity index (χ4v) is 1.33. The van der Waals surface area contributed by atoms with Crippen LogP contribution in [0.3, 0.4) is 0 Å². The minimum absolute atomic E-state index is 0.0989. The van der Waals surface area contributed by atoms with Crippen molar-refractivity contribution in [2.24, 2.45) is 5.73 Å². The first-order chi connectivity index (χ1) is 8.00. The van der Waals surface area contributed by atoms with Gasteiger partial charge in [0.15, 0.2) is 0 Å². The van der Waals surface area contributed by atoms with Crippen molar-refractivity contribution in [1.82, 2.24) is 0 Å². The number of rotatable bonds is 6. The van der Waals surface area contributed by atoms with Crippen LogP contribution >= 0.6 is 0 Å². The van der Waals surface area contributed by atoms with Crippen molar-refractivity contribution in [3.63, 3.8) is 0 Å². The Labute approximate surface area is 98.6 Å². The highest BCUT2D eigenvalue weighted by atomic mass is 19.4. The summed E-state index contributed by atoms with van der Waals surface area (Å²) in [7, 11) is 0. The van der Waals surface area contributed by atoms with E-state index >= 15 is 0 Å². The number of ether oxygens (including phenoxy) is 1. The van der Waals surface area contributed by atoms with Crippen molar-refractivity contribution in [3.8, 4) is 0 Å². The van der Waals surface area contributed by atoms with Crippen LogP contribution in [0.4, 0.5) is 13.2 Å². The average molecular weight is 247 g/mol. The topological polar surface area (TPSA) is 35.2 Å². The summed E-state index contributed by atoms with van der Waals surface area (Å²) in [6.07, 6.45) is -4.09. The Bertz CT molecular complexity index is 313. The fourth-order valence-electron chi connectivity index (χ4n) is 1.33. The average Bonchev–Trinajstić information content (AvgIpc) is 2.28. The molecule has 0 fully saturated rings. The minimum atomic E-state index is -4.31. The summed E-state index contributed by atoms with van der Waals surface area (Å²) in [4.78, 5) is 0. The van der Waals surface area contributed by atoms with Gasteiger partial charge in [0.25, 0.3) is 0 Å². The molecule has 1 unspecified atom stereocenters. The Morgan fingerprint density at radius 2 is 1.82 bits per heavy atom. The lowest BCUT2D eigenvalue weighted by molar-refractivity contribution is -0.149. The molecule has 2 nitrogen and oxygen atoms in total. The van der Waals surface area contributed by atoms with Gasteiger partial charge < -0.3 is 10.5 Å². The van der Waals surface area contributed by atoms with Gasteiger partial charge >= 0.3 is 6.18 Å². The Balaban J connectivity index is 2.09. The molecule has 17 heavy (non-hydrogen) atoms. The molecule has 0 saturated heterocycles. The molecule has 0 amide bonds. The molecule has 1 aromatic rings. The van der Waals surface area contributed by atoms with Crippen LogP contribution in [0.5, 0.6) is 0 Å². The summed E-state index contributed by atoms with van der Waals surface area (Å²) in [5.74, 6) is 0. The molecule has 0 aliphatic heterocycles. The van der Waals surface area contributed by atoms with Crippen LogP contribution in [-0.4, -0.2) is 18.8 Å². The van der Waals surface area contributed by atoms with Crippen molar-refractivity contribution in [2.45, 2.75) is 31.7 Å². The van der Waals surface area contributed by atoms with Gasteiger partial charge in [-0.25, -0.2) is 0 Å². The summed E-state index contributed by atoms with van der Waals surface area (Å²) in [5.41, 5.74) is 5.97. The first kappa shape index (κ1) is 14.0. The van der Waals surface area contributed by atoms with Crippen LogP contribution < -0.4 is 5.73 Å². The highest BCUT2D eigenvalue weighted by molar-refractivity contribution is 5.13. The van der Waals surface area contributed by atoms with E-state index in [1.54, 1.807) is 0 Å². The van der Waals surface area contributed by atoms with Gasteiger partial charge in [0.1, 0.15) is 6.04 Å². The van der Waals surface area contributed by atoms with Gasteiger partial charge in [-0.15, -0.1) is 0 Å². The molecule has 96 valence electrons. The molecule has 5 heteroatoms. The molecule has 0 aliphatic carbocycles. The Kier molecular flexibility index (Phi) is 5.44. The zero-order valence-corrected chi connectivity index (χ0v) is 9.41. The predicted molar refractivity (Wildman–Crippen MR) is 59.4 cm³/mol. The molecular weight excluding hydrogens is 231 g/mol. The molecule has 0 spiro atoms. The van der Waals surface area contributed by atoms with Gasteiger partial charge in [-0.1, -0.05) is 30.3 Å². The number of hydrogen-bond donors (Lipinski definition) is 1. The molecule has 1 rings (SSSR count). The highest BCUT2D eigenvalue weighted by Gasteiger charge is 2.35. The summed E-state index contributed by atoms with van der Waals surface area (Å²) in [6.45, 7) is 0.709. The molecule has 0 aliphatic rings. The maximum Gasteiger partial charge on any atom is 0.403 e. The lowest BCUT2D eigenvalue weighted by Gasteiger charge is -2.15. The Hall–Kier alpha value is -1.07. The van der Waals surface area contributed by atoms with Crippen LogP contribution in [0, 0.1) is 0 Å². The van der Waals surface area contributed by atoms with Gasteiger partial charge in [0.2, 0.25) is 0 Å². The van der Waals surface area contributed by atoms with E-state index in [9.17, 15) is 13.2 Å². The van der Waals surface area contributed by atoms with E-state index in [1.165, 1.54) is 0 Å². The van der Waals surface area contributed by atoms with Gasteiger partial charge in [0.05, 0.1) is 6.61 Å². The van der Waals surface area contributed by atoms with E-state index in [2.05, 4.69) is 0 Å². The largest absolute Gasteiger partial charge is 0.403 e. The van der Waals surface area contributed by atoms with E-state index < -0.39 is 12.2 Å². The van der Waals surface area contributed by atoms with E-state index in [1.807, 2.05) is 30.3 Å². The van der Waals surface area contributed by atoms with E-state index in [-0.39, 0.29) is 6.42 Å². The fraction of sp³-hybridized carbons (Fsp3) is 0.500. The Morgan fingerprint density at radius 1 is 1.18 bits per heavy atom. The van der Waals surface area contributed by atoms with Crippen molar-refractivity contribution >= 4 is 0 Å². The molecule has 2 N–H and O–H groups in total. The lowest BCUT2D eigenvalue weighted by Crippen LogP contribution is -2.37. The SMILES string of the molecule is NC(CCCOCc1ccccc1)C(F)(F)F. The van der Waals surface area contributed by atoms with E-state index in [0.29, 0.717) is 19.6 Å². The zero-order valence-electron chi connectivity index (χ0n) is 9.41. The van der Waals surface area contributed by atoms with Gasteiger partial charge in [0, 0.05) is 6.61 Å². The van der Waals surface area contributed by atoms with Gasteiger partial charge in [-0.2, -0.15) is 13.2 Å². The summed E-state index contributed by atoms with van der Waals surface area (Å²) >= 11 is 0. The predicted octanol–water partition coefficient (Wildman–Crippen LogP) is 2.87. The summed E-state index contributed by atoms with van der Waals surface area (Å²) in [6, 6.07) is 7.73. The monoisotopic (exact) mass is 247 g/mol. The maximum absolute atomic E-state index is 12.1.